The maximum absolute atomic E-state index is 13.8. The Morgan fingerprint density at radius 2 is 1.65 bits per heavy atom. The van der Waals surface area contributed by atoms with Crippen LogP contribution >= 0.6 is 15.9 Å². The van der Waals surface area contributed by atoms with E-state index in [1.165, 1.54) is 12.1 Å². The van der Waals surface area contributed by atoms with Gasteiger partial charge >= 0.3 is 0 Å². The summed E-state index contributed by atoms with van der Waals surface area (Å²) in [6.07, 6.45) is -2.06. The zero-order valence-electron chi connectivity index (χ0n) is 10.0. The Balaban J connectivity index is 2.36. The third-order valence-electron chi connectivity index (χ3n) is 2.86. The number of hydrogen-bond donors (Lipinski definition) is 1. The first kappa shape index (κ1) is 15.0. The zero-order chi connectivity index (χ0) is 14.9. The molecule has 0 fully saturated rings. The SMILES string of the molecule is OC(Cc1cccc(F)c1F)c1c(F)ccc(Br)c1F. The number of halogens is 5. The third kappa shape index (κ3) is 2.86. The van der Waals surface area contributed by atoms with Gasteiger partial charge in [0.1, 0.15) is 11.6 Å². The van der Waals surface area contributed by atoms with E-state index in [1.54, 1.807) is 0 Å². The maximum atomic E-state index is 13.8. The molecule has 1 nitrogen and oxygen atoms in total. The van der Waals surface area contributed by atoms with Crippen molar-refractivity contribution in [3.05, 3.63) is 69.2 Å². The van der Waals surface area contributed by atoms with Gasteiger partial charge in [-0.3, -0.25) is 0 Å². The number of benzene rings is 2. The van der Waals surface area contributed by atoms with Crippen LogP contribution in [0.4, 0.5) is 17.6 Å². The number of aliphatic hydroxyl groups is 1. The Bertz CT molecular complexity index is 645. The first-order chi connectivity index (χ1) is 9.41. The Morgan fingerprint density at radius 3 is 2.35 bits per heavy atom. The van der Waals surface area contributed by atoms with Crippen LogP contribution < -0.4 is 0 Å². The van der Waals surface area contributed by atoms with Gasteiger partial charge in [0.2, 0.25) is 0 Å². The lowest BCUT2D eigenvalue weighted by Gasteiger charge is -2.14. The second-order valence-electron chi connectivity index (χ2n) is 4.19. The molecular formula is C14H9BrF4O. The van der Waals surface area contributed by atoms with E-state index < -0.39 is 41.4 Å². The van der Waals surface area contributed by atoms with Gasteiger partial charge in [-0.25, -0.2) is 17.6 Å². The van der Waals surface area contributed by atoms with Crippen molar-refractivity contribution in [2.24, 2.45) is 0 Å². The van der Waals surface area contributed by atoms with Crippen molar-refractivity contribution in [1.29, 1.82) is 0 Å². The van der Waals surface area contributed by atoms with Gasteiger partial charge in [0.25, 0.3) is 0 Å². The molecule has 1 N–H and O–H groups in total. The average molecular weight is 349 g/mol. The van der Waals surface area contributed by atoms with Crippen molar-refractivity contribution >= 4 is 15.9 Å². The second-order valence-corrected chi connectivity index (χ2v) is 5.04. The largest absolute Gasteiger partial charge is 0.388 e. The fourth-order valence-corrected chi connectivity index (χ4v) is 2.21. The normalized spacial score (nSPS) is 12.5. The van der Waals surface area contributed by atoms with E-state index >= 15 is 0 Å². The van der Waals surface area contributed by atoms with Crippen LogP contribution in [0.3, 0.4) is 0 Å². The first-order valence-corrected chi connectivity index (χ1v) is 6.45. The molecule has 0 aromatic heterocycles. The fourth-order valence-electron chi connectivity index (χ4n) is 1.86. The molecule has 0 saturated carbocycles. The van der Waals surface area contributed by atoms with Crippen molar-refractivity contribution in [1.82, 2.24) is 0 Å². The van der Waals surface area contributed by atoms with E-state index in [9.17, 15) is 22.7 Å². The molecule has 1 unspecified atom stereocenters. The number of hydrogen-bond acceptors (Lipinski definition) is 1. The van der Waals surface area contributed by atoms with Crippen molar-refractivity contribution in [2.45, 2.75) is 12.5 Å². The monoisotopic (exact) mass is 348 g/mol. The van der Waals surface area contributed by atoms with E-state index in [4.69, 9.17) is 0 Å². The Morgan fingerprint density at radius 1 is 0.950 bits per heavy atom. The topological polar surface area (TPSA) is 20.2 Å². The molecule has 0 saturated heterocycles. The lowest BCUT2D eigenvalue weighted by Crippen LogP contribution is -2.09. The lowest BCUT2D eigenvalue weighted by atomic mass is 10.00. The molecule has 1 atom stereocenters. The summed E-state index contributed by atoms with van der Waals surface area (Å²) < 4.78 is 53.9. The van der Waals surface area contributed by atoms with Crippen LogP contribution in [-0.4, -0.2) is 5.11 Å². The summed E-state index contributed by atoms with van der Waals surface area (Å²) in [4.78, 5) is 0. The first-order valence-electron chi connectivity index (χ1n) is 5.66. The molecule has 2 rings (SSSR count). The second kappa shape index (κ2) is 5.93. The molecule has 0 aliphatic rings. The molecule has 0 bridgehead atoms. The predicted octanol–water partition coefficient (Wildman–Crippen LogP) is 4.28. The van der Waals surface area contributed by atoms with E-state index in [1.807, 2.05) is 0 Å². The third-order valence-corrected chi connectivity index (χ3v) is 3.47. The molecule has 20 heavy (non-hydrogen) atoms. The van der Waals surface area contributed by atoms with E-state index in [2.05, 4.69) is 15.9 Å². The predicted molar refractivity (Wildman–Crippen MR) is 69.1 cm³/mol. The summed E-state index contributed by atoms with van der Waals surface area (Å²) in [5.41, 5.74) is -0.737. The molecule has 0 radical (unpaired) electrons. The van der Waals surface area contributed by atoms with Crippen LogP contribution in [0, 0.1) is 23.3 Å². The highest BCUT2D eigenvalue weighted by molar-refractivity contribution is 9.10. The van der Waals surface area contributed by atoms with Gasteiger partial charge in [0.05, 0.1) is 16.1 Å². The Labute approximate surface area is 121 Å². The average Bonchev–Trinajstić information content (AvgIpc) is 2.40. The highest BCUT2D eigenvalue weighted by Gasteiger charge is 2.22. The molecule has 0 heterocycles. The molecule has 0 spiro atoms. The Hall–Kier alpha value is -1.40. The minimum absolute atomic E-state index is 0.0207. The molecule has 2 aromatic rings. The summed E-state index contributed by atoms with van der Waals surface area (Å²) in [7, 11) is 0. The molecule has 6 heteroatoms. The van der Waals surface area contributed by atoms with Gasteiger partial charge < -0.3 is 5.11 Å². The Kier molecular flexibility index (Phi) is 4.45. The summed E-state index contributed by atoms with van der Waals surface area (Å²) >= 11 is 2.87. The summed E-state index contributed by atoms with van der Waals surface area (Å²) in [5.74, 6) is -4.13. The summed E-state index contributed by atoms with van der Waals surface area (Å²) in [6.45, 7) is 0. The van der Waals surface area contributed by atoms with Crippen molar-refractivity contribution < 1.29 is 22.7 Å². The molecule has 0 aliphatic heterocycles. The van der Waals surface area contributed by atoms with Crippen LogP contribution in [0.25, 0.3) is 0 Å². The van der Waals surface area contributed by atoms with E-state index in [-0.39, 0.29) is 10.0 Å². The standard InChI is InChI=1S/C14H9BrF4O/c15-8-4-5-9(16)12(14(8)19)11(20)6-7-2-1-3-10(17)13(7)18/h1-5,11,20H,6H2. The van der Waals surface area contributed by atoms with Gasteiger partial charge in [-0.05, 0) is 39.7 Å². The highest BCUT2D eigenvalue weighted by atomic mass is 79.9. The molecule has 2 aromatic carbocycles. The van der Waals surface area contributed by atoms with Gasteiger partial charge in [0.15, 0.2) is 11.6 Å². The molecular weight excluding hydrogens is 340 g/mol. The minimum Gasteiger partial charge on any atom is -0.388 e. The van der Waals surface area contributed by atoms with Crippen molar-refractivity contribution in [2.75, 3.05) is 0 Å². The quantitative estimate of drug-likeness (QED) is 0.648. The highest BCUT2D eigenvalue weighted by Crippen LogP contribution is 2.29. The van der Waals surface area contributed by atoms with Crippen LogP contribution in [-0.2, 0) is 6.42 Å². The number of aliphatic hydroxyl groups excluding tert-OH is 1. The summed E-state index contributed by atoms with van der Waals surface area (Å²) in [6, 6.07) is 5.56. The van der Waals surface area contributed by atoms with E-state index in [0.717, 1.165) is 18.2 Å². The zero-order valence-corrected chi connectivity index (χ0v) is 11.6. The van der Waals surface area contributed by atoms with Crippen LogP contribution in [0.1, 0.15) is 17.2 Å². The van der Waals surface area contributed by atoms with Crippen molar-refractivity contribution in [3.63, 3.8) is 0 Å². The van der Waals surface area contributed by atoms with Gasteiger partial charge in [0, 0.05) is 6.42 Å². The molecule has 0 amide bonds. The molecule has 0 aliphatic carbocycles. The summed E-state index contributed by atoms with van der Waals surface area (Å²) in [5, 5.41) is 9.89. The van der Waals surface area contributed by atoms with Gasteiger partial charge in [-0.15, -0.1) is 0 Å². The minimum atomic E-state index is -1.62. The maximum Gasteiger partial charge on any atom is 0.162 e. The van der Waals surface area contributed by atoms with Crippen LogP contribution in [0.2, 0.25) is 0 Å². The molecule has 106 valence electrons. The van der Waals surface area contributed by atoms with Crippen LogP contribution in [0.15, 0.2) is 34.8 Å². The fraction of sp³-hybridized carbons (Fsp3) is 0.143. The smallest absolute Gasteiger partial charge is 0.162 e. The van der Waals surface area contributed by atoms with Crippen molar-refractivity contribution in [3.8, 4) is 0 Å². The van der Waals surface area contributed by atoms with E-state index in [0.29, 0.717) is 0 Å². The van der Waals surface area contributed by atoms with Crippen LogP contribution in [0.5, 0.6) is 0 Å². The lowest BCUT2D eigenvalue weighted by molar-refractivity contribution is 0.166. The number of rotatable bonds is 3. The van der Waals surface area contributed by atoms with Gasteiger partial charge in [-0.2, -0.15) is 0 Å². The van der Waals surface area contributed by atoms with Gasteiger partial charge in [-0.1, -0.05) is 12.1 Å².